The third-order valence-electron chi connectivity index (χ3n) is 3.96. The van der Waals surface area contributed by atoms with Gasteiger partial charge in [0, 0.05) is 18.5 Å². The van der Waals surface area contributed by atoms with Crippen molar-refractivity contribution < 1.29 is 29.0 Å². The standard InChI is InChI=1S/C16H18N2O6.ClH/c1-9(19)24-14(16(21)22)13-15(20)18(7-8-23-13)12-4-2-3-11(17-12)10-5-6-10;/h2-4,10,13-14H,5-8H2,1H3,(H,21,22);1H/t13?,14-;/m1./s1. The van der Waals surface area contributed by atoms with Gasteiger partial charge in [-0.1, -0.05) is 6.07 Å². The third-order valence-corrected chi connectivity index (χ3v) is 3.96. The summed E-state index contributed by atoms with van der Waals surface area (Å²) in [7, 11) is 0. The van der Waals surface area contributed by atoms with Crippen molar-refractivity contribution in [2.45, 2.75) is 37.9 Å². The van der Waals surface area contributed by atoms with E-state index in [1.807, 2.05) is 12.1 Å². The minimum atomic E-state index is -1.68. The van der Waals surface area contributed by atoms with E-state index in [1.165, 1.54) is 4.90 Å². The number of aromatic nitrogens is 1. The Hall–Kier alpha value is -2.19. The Labute approximate surface area is 150 Å². The number of anilines is 1. The highest BCUT2D eigenvalue weighted by Crippen LogP contribution is 2.39. The van der Waals surface area contributed by atoms with Crippen LogP contribution in [0.2, 0.25) is 0 Å². The Bertz CT molecular complexity index is 678. The Balaban J connectivity index is 0.00000225. The second-order valence-electron chi connectivity index (χ2n) is 5.84. The number of carbonyl (C=O) groups is 3. The molecule has 1 N–H and O–H groups in total. The lowest BCUT2D eigenvalue weighted by Gasteiger charge is -2.33. The molecule has 1 aliphatic carbocycles. The first-order chi connectivity index (χ1) is 11.5. The number of amides is 1. The minimum Gasteiger partial charge on any atom is -0.478 e. The summed E-state index contributed by atoms with van der Waals surface area (Å²) < 4.78 is 10.0. The van der Waals surface area contributed by atoms with Crippen molar-refractivity contribution in [3.05, 3.63) is 23.9 Å². The zero-order valence-electron chi connectivity index (χ0n) is 13.6. The smallest absolute Gasteiger partial charge is 0.348 e. The molecule has 136 valence electrons. The van der Waals surface area contributed by atoms with E-state index in [0.717, 1.165) is 25.5 Å². The molecule has 9 heteroatoms. The van der Waals surface area contributed by atoms with E-state index < -0.39 is 30.1 Å². The average Bonchev–Trinajstić information content (AvgIpc) is 3.38. The maximum absolute atomic E-state index is 12.7. The van der Waals surface area contributed by atoms with Crippen molar-refractivity contribution in [2.75, 3.05) is 18.1 Å². The van der Waals surface area contributed by atoms with E-state index in [1.54, 1.807) is 6.07 Å². The molecule has 1 aromatic heterocycles. The van der Waals surface area contributed by atoms with Gasteiger partial charge in [-0.25, -0.2) is 9.78 Å². The lowest BCUT2D eigenvalue weighted by molar-refractivity contribution is -0.177. The predicted molar refractivity (Wildman–Crippen MR) is 88.7 cm³/mol. The average molecular weight is 371 g/mol. The van der Waals surface area contributed by atoms with Crippen LogP contribution in [-0.4, -0.2) is 53.3 Å². The van der Waals surface area contributed by atoms with E-state index in [4.69, 9.17) is 9.47 Å². The number of pyridine rings is 1. The van der Waals surface area contributed by atoms with Gasteiger partial charge >= 0.3 is 11.9 Å². The molecule has 0 aromatic carbocycles. The highest BCUT2D eigenvalue weighted by Gasteiger charge is 2.43. The normalized spacial score (nSPS) is 21.2. The molecule has 8 nitrogen and oxygen atoms in total. The van der Waals surface area contributed by atoms with E-state index in [-0.39, 0.29) is 25.6 Å². The molecule has 0 spiro atoms. The number of esters is 1. The van der Waals surface area contributed by atoms with Crippen molar-refractivity contribution in [1.29, 1.82) is 0 Å². The Kier molecular flexibility index (Phi) is 5.97. The van der Waals surface area contributed by atoms with Crippen LogP contribution in [0.4, 0.5) is 5.82 Å². The van der Waals surface area contributed by atoms with Crippen LogP contribution in [0.3, 0.4) is 0 Å². The number of hydrogen-bond donors (Lipinski definition) is 1. The van der Waals surface area contributed by atoms with Gasteiger partial charge in [0.05, 0.1) is 13.2 Å². The molecule has 2 atom stereocenters. The molecule has 2 fully saturated rings. The first-order valence-electron chi connectivity index (χ1n) is 7.77. The number of carbonyl (C=O) groups excluding carboxylic acids is 2. The summed E-state index contributed by atoms with van der Waals surface area (Å²) in [5.41, 5.74) is 0.929. The van der Waals surface area contributed by atoms with Crippen LogP contribution in [0.25, 0.3) is 0 Å². The maximum Gasteiger partial charge on any atom is 0.348 e. The summed E-state index contributed by atoms with van der Waals surface area (Å²) in [5.74, 6) is -1.89. The van der Waals surface area contributed by atoms with Crippen molar-refractivity contribution in [1.82, 2.24) is 4.98 Å². The van der Waals surface area contributed by atoms with E-state index in [2.05, 4.69) is 4.98 Å². The number of hydrogen-bond acceptors (Lipinski definition) is 6. The summed E-state index contributed by atoms with van der Waals surface area (Å²) in [6.07, 6.45) is -0.885. The number of carboxylic acid groups (broad SMARTS) is 1. The quantitative estimate of drug-likeness (QED) is 0.774. The second-order valence-corrected chi connectivity index (χ2v) is 5.84. The highest BCUT2D eigenvalue weighted by molar-refractivity contribution is 5.99. The molecule has 3 rings (SSSR count). The lowest BCUT2D eigenvalue weighted by Crippen LogP contribution is -2.55. The van der Waals surface area contributed by atoms with Crippen molar-refractivity contribution in [3.8, 4) is 0 Å². The number of ether oxygens (including phenoxy) is 2. The Morgan fingerprint density at radius 1 is 1.40 bits per heavy atom. The molecular formula is C16H19ClN2O6. The molecule has 1 amide bonds. The van der Waals surface area contributed by atoms with Crippen LogP contribution in [-0.2, 0) is 23.9 Å². The fraction of sp³-hybridized carbons (Fsp3) is 0.500. The molecule has 1 saturated heterocycles. The van der Waals surface area contributed by atoms with Gasteiger partial charge in [-0.3, -0.25) is 14.5 Å². The largest absolute Gasteiger partial charge is 0.478 e. The third kappa shape index (κ3) is 4.26. The van der Waals surface area contributed by atoms with Crippen LogP contribution >= 0.6 is 12.4 Å². The molecule has 1 aromatic rings. The van der Waals surface area contributed by atoms with Gasteiger partial charge in [0.2, 0.25) is 6.10 Å². The predicted octanol–water partition coefficient (Wildman–Crippen LogP) is 1.13. The summed E-state index contributed by atoms with van der Waals surface area (Å²) in [6, 6.07) is 5.45. The summed E-state index contributed by atoms with van der Waals surface area (Å²) >= 11 is 0. The molecule has 1 aliphatic heterocycles. The van der Waals surface area contributed by atoms with Crippen LogP contribution < -0.4 is 4.90 Å². The fourth-order valence-corrected chi connectivity index (χ4v) is 2.67. The van der Waals surface area contributed by atoms with E-state index in [0.29, 0.717) is 11.7 Å². The molecule has 25 heavy (non-hydrogen) atoms. The van der Waals surface area contributed by atoms with Gasteiger partial charge in [-0.2, -0.15) is 0 Å². The van der Waals surface area contributed by atoms with Crippen molar-refractivity contribution >= 4 is 36.1 Å². The van der Waals surface area contributed by atoms with Crippen LogP contribution in [0.1, 0.15) is 31.4 Å². The topological polar surface area (TPSA) is 106 Å². The van der Waals surface area contributed by atoms with E-state index in [9.17, 15) is 19.5 Å². The first kappa shape index (κ1) is 19.1. The summed E-state index contributed by atoms with van der Waals surface area (Å²) in [6.45, 7) is 1.49. The summed E-state index contributed by atoms with van der Waals surface area (Å²) in [5, 5.41) is 9.23. The van der Waals surface area contributed by atoms with Gasteiger partial charge in [0.25, 0.3) is 5.91 Å². The SMILES string of the molecule is CC(=O)O[C@@H](C(=O)O)C1OCCN(c2cccc(C3CC3)n2)C1=O.Cl. The molecule has 1 saturated carbocycles. The number of carboxylic acids is 1. The van der Waals surface area contributed by atoms with Crippen LogP contribution in [0.5, 0.6) is 0 Å². The number of morpholine rings is 1. The number of aliphatic carboxylic acids is 1. The molecule has 2 aliphatic rings. The minimum absolute atomic E-state index is 0. The fourth-order valence-electron chi connectivity index (χ4n) is 2.67. The molecule has 0 radical (unpaired) electrons. The number of nitrogens with zero attached hydrogens (tertiary/aromatic N) is 2. The zero-order chi connectivity index (χ0) is 17.3. The van der Waals surface area contributed by atoms with E-state index >= 15 is 0 Å². The highest BCUT2D eigenvalue weighted by atomic mass is 35.5. The Morgan fingerprint density at radius 2 is 2.12 bits per heavy atom. The molecule has 1 unspecified atom stereocenters. The summed E-state index contributed by atoms with van der Waals surface area (Å²) in [4.78, 5) is 41.0. The van der Waals surface area contributed by atoms with Crippen LogP contribution in [0.15, 0.2) is 18.2 Å². The van der Waals surface area contributed by atoms with Gasteiger partial charge in [0.15, 0.2) is 6.10 Å². The second kappa shape index (κ2) is 7.79. The van der Waals surface area contributed by atoms with Crippen molar-refractivity contribution in [3.63, 3.8) is 0 Å². The molecular weight excluding hydrogens is 352 g/mol. The van der Waals surface area contributed by atoms with Gasteiger partial charge in [-0.05, 0) is 25.0 Å². The van der Waals surface area contributed by atoms with Gasteiger partial charge < -0.3 is 14.6 Å². The number of halogens is 1. The zero-order valence-corrected chi connectivity index (χ0v) is 14.4. The number of rotatable bonds is 5. The lowest BCUT2D eigenvalue weighted by atomic mass is 10.1. The molecule has 2 heterocycles. The van der Waals surface area contributed by atoms with Gasteiger partial charge in [0.1, 0.15) is 5.82 Å². The monoisotopic (exact) mass is 370 g/mol. The Morgan fingerprint density at radius 3 is 2.72 bits per heavy atom. The van der Waals surface area contributed by atoms with Gasteiger partial charge in [-0.15, -0.1) is 12.4 Å². The van der Waals surface area contributed by atoms with Crippen molar-refractivity contribution in [2.24, 2.45) is 0 Å². The first-order valence-corrected chi connectivity index (χ1v) is 7.77. The molecule has 0 bridgehead atoms. The maximum atomic E-state index is 12.7. The van der Waals surface area contributed by atoms with Crippen LogP contribution in [0, 0.1) is 0 Å².